The monoisotopic (exact) mass is 1910 g/mol. The number of rotatable bonds is 20. The summed E-state index contributed by atoms with van der Waals surface area (Å²) in [6.45, 7) is 97.3. The summed E-state index contributed by atoms with van der Waals surface area (Å²) in [6, 6.07) is 0. The molecule has 0 aromatic heterocycles. The van der Waals surface area contributed by atoms with Crippen molar-refractivity contribution in [1.29, 1.82) is 0 Å². The Bertz CT molecular complexity index is 1160. The molecule has 0 rings (SSSR count). The molecule has 0 aliphatic heterocycles. The molecule has 0 N–H and O–H groups in total. The largest absolute Gasteiger partial charge is 2.00 e. The minimum atomic E-state index is -0.213. The number of ketones is 4. The molecule has 0 saturated carbocycles. The van der Waals surface area contributed by atoms with Crippen molar-refractivity contribution in [2.75, 3.05) is 26.4 Å². The third-order valence-corrected chi connectivity index (χ3v) is 10.5. The molecule has 86 heavy (non-hydrogen) atoms. The van der Waals surface area contributed by atoms with Crippen molar-refractivity contribution < 1.29 is 113 Å². The summed E-state index contributed by atoms with van der Waals surface area (Å²) in [5.41, 5.74) is 1.10. The van der Waals surface area contributed by atoms with E-state index >= 15 is 0 Å². The molecule has 0 aliphatic rings. The summed E-state index contributed by atoms with van der Waals surface area (Å²) in [5, 5.41) is 0. The van der Waals surface area contributed by atoms with Gasteiger partial charge in [-0.3, -0.25) is 9.59 Å². The molecule has 0 aromatic carbocycles. The van der Waals surface area contributed by atoms with Gasteiger partial charge in [-0.25, -0.2) is 0 Å². The van der Waals surface area contributed by atoms with Crippen molar-refractivity contribution in [3.05, 3.63) is 55.4 Å². The van der Waals surface area contributed by atoms with E-state index in [1.54, 1.807) is 13.8 Å². The number of carbonyl (C=O) groups is 4. The minimum absolute atomic E-state index is 0. The second kappa shape index (κ2) is 82.4. The van der Waals surface area contributed by atoms with E-state index in [2.05, 4.69) is 166 Å². The molecular formula is C76H160O6W4. The Kier molecular flexibility index (Phi) is 123. The van der Waals surface area contributed by atoms with Gasteiger partial charge in [0.25, 0.3) is 0 Å². The number of hydrogen-bond donors (Lipinski definition) is 0. The van der Waals surface area contributed by atoms with Crippen molar-refractivity contribution in [1.82, 2.24) is 0 Å². The summed E-state index contributed by atoms with van der Waals surface area (Å²) in [6.07, 6.45) is 21.2. The molecule has 0 heterocycles. The fraction of sp³-hybridized carbons (Fsp3) is 0.842. The van der Waals surface area contributed by atoms with E-state index in [1.807, 2.05) is 96.9 Å². The maximum absolute atomic E-state index is 11.4. The van der Waals surface area contributed by atoms with Crippen LogP contribution < -0.4 is 0 Å². The van der Waals surface area contributed by atoms with Gasteiger partial charge in [0, 0.05) is 54.3 Å². The van der Waals surface area contributed by atoms with Crippen LogP contribution in [0.3, 0.4) is 0 Å². The molecule has 0 aliphatic carbocycles. The Morgan fingerprint density at radius 2 is 0.523 bits per heavy atom. The van der Waals surface area contributed by atoms with Crippen LogP contribution >= 0.6 is 0 Å². The molecule has 0 bridgehead atoms. The standard InChI is InChI=1S/C11H22O.C10H20O2.C10H22.C9H20O.2C7H13O.2C6H13.2C3H7.2C2H5.4W/c1-5-6-7-8-9-10(12)11(2,3)4;1-5-7-12-8-6-9(11)10(2,3)4;1-5-6-7-8-9-10(2,3)4;1-5-7-10-8-6-9(2,3)4;2*1-5-6(8)7(2,3)4;2*1-5-6(2,3)4;2*1-3-2;2*1-2;;;;/h5-9H2,1-4H3;5-8H2,1-4H3;5-9H2,1-4H3;5-8H2,1-4H3;2*1,5H2,2-4H3;2*1,5H2,2-4H3;2*1,3H2,2H3;2*1H2,2H3;;;;/q;;;;8*-1;4*+2. The van der Waals surface area contributed by atoms with Crippen LogP contribution in [0.5, 0.6) is 0 Å². The zero-order valence-corrected chi connectivity index (χ0v) is 76.4. The van der Waals surface area contributed by atoms with Gasteiger partial charge in [-0.2, -0.15) is 39.5 Å². The smallest absolute Gasteiger partial charge is 0.381 e. The Hall–Kier alpha value is 1.35. The first-order valence-electron chi connectivity index (χ1n) is 32.5. The van der Waals surface area contributed by atoms with E-state index in [0.717, 1.165) is 77.6 Å². The molecule has 0 unspecified atom stereocenters. The number of carbonyl (C=O) groups excluding carboxylic acids is 4. The van der Waals surface area contributed by atoms with Gasteiger partial charge in [0.05, 0.1) is 6.61 Å². The molecule has 0 radical (unpaired) electrons. The van der Waals surface area contributed by atoms with E-state index in [-0.39, 0.29) is 123 Å². The molecule has 6 nitrogen and oxygen atoms in total. The number of hydrogen-bond acceptors (Lipinski definition) is 6. The predicted molar refractivity (Wildman–Crippen MR) is 378 cm³/mol. The molecule has 0 fully saturated rings. The number of Topliss-reactive ketones (excluding diaryl/α,β-unsaturated/α-hetero) is 4. The maximum atomic E-state index is 11.4. The van der Waals surface area contributed by atoms with Crippen LogP contribution in [0.15, 0.2) is 0 Å². The summed E-state index contributed by atoms with van der Waals surface area (Å²) < 4.78 is 10.6. The van der Waals surface area contributed by atoms with Crippen molar-refractivity contribution in [3.8, 4) is 0 Å². The van der Waals surface area contributed by atoms with Gasteiger partial charge in [-0.1, -0.05) is 263 Å². The van der Waals surface area contributed by atoms with Gasteiger partial charge in [-0.05, 0) is 42.9 Å². The van der Waals surface area contributed by atoms with E-state index in [0.29, 0.717) is 53.3 Å². The van der Waals surface area contributed by atoms with Crippen LogP contribution in [0.1, 0.15) is 350 Å². The minimum Gasteiger partial charge on any atom is -0.381 e. The van der Waals surface area contributed by atoms with Gasteiger partial charge < -0.3 is 74.5 Å². The topological polar surface area (TPSA) is 86.7 Å². The number of unbranched alkanes of at least 4 members (excludes halogenated alkanes) is 6. The van der Waals surface area contributed by atoms with E-state index in [4.69, 9.17) is 9.47 Å². The Balaban J connectivity index is -0.0000000455. The van der Waals surface area contributed by atoms with Gasteiger partial charge in [0.2, 0.25) is 0 Å². The third kappa shape index (κ3) is 161. The molecule has 0 spiro atoms. The molecule has 0 saturated heterocycles. The Labute approximate surface area is 606 Å². The summed E-state index contributed by atoms with van der Waals surface area (Å²) in [7, 11) is 0. The molecule has 0 atom stereocenters. The van der Waals surface area contributed by atoms with Crippen LogP contribution in [0.25, 0.3) is 0 Å². The number of ether oxygens (including phenoxy) is 2. The second-order valence-corrected chi connectivity index (χ2v) is 29.3. The fourth-order valence-corrected chi connectivity index (χ4v) is 4.33. The average Bonchev–Trinajstić information content (AvgIpc) is 3.34. The van der Waals surface area contributed by atoms with Gasteiger partial charge in [0.1, 0.15) is 23.1 Å². The van der Waals surface area contributed by atoms with Crippen molar-refractivity contribution in [2.24, 2.45) is 43.3 Å². The van der Waals surface area contributed by atoms with Crippen LogP contribution in [0.2, 0.25) is 0 Å². The molecule has 524 valence electrons. The zero-order valence-electron chi connectivity index (χ0n) is 64.7. The van der Waals surface area contributed by atoms with Gasteiger partial charge in [-0.15, -0.1) is 12.8 Å². The third-order valence-electron chi connectivity index (χ3n) is 10.5. The van der Waals surface area contributed by atoms with Crippen LogP contribution in [0, 0.1) is 98.7 Å². The Morgan fingerprint density at radius 3 is 0.709 bits per heavy atom. The SMILES string of the molecule is CCCCCCC(=O)C(C)(C)C.CCCCCCC(C)(C)C.CCCOCCC(=O)C(C)(C)C.CCCOCCC(C)(C)C.[CH2-]C.[CH2-]C.[CH2-]CC.[CH2-]CC.[CH2-]CC(=O)C(C)(C)C.[CH2-]CC(=O)C(C)(C)C.[CH2-]CC(C)(C)C.[CH2-]CC(C)(C)C.[W+2].[W+2].[W+2].[W+2]. The normalized spacial score (nSPS) is 10.4. The van der Waals surface area contributed by atoms with Crippen molar-refractivity contribution >= 4 is 23.1 Å². The summed E-state index contributed by atoms with van der Waals surface area (Å²) >= 11 is 0. The maximum Gasteiger partial charge on any atom is 2.00 e. The second-order valence-electron chi connectivity index (χ2n) is 29.3. The van der Waals surface area contributed by atoms with Crippen molar-refractivity contribution in [3.63, 3.8) is 0 Å². The molecule has 0 aromatic rings. The van der Waals surface area contributed by atoms with Crippen LogP contribution in [-0.2, 0) is 113 Å². The summed E-state index contributed by atoms with van der Waals surface area (Å²) in [5.74, 6) is 1.12. The quantitative estimate of drug-likeness (QED) is 0.0892. The first-order valence-corrected chi connectivity index (χ1v) is 32.5. The molecular weight excluding hydrogens is 1740 g/mol. The molecule has 10 heteroatoms. The Morgan fingerprint density at radius 1 is 0.291 bits per heavy atom. The van der Waals surface area contributed by atoms with E-state index < -0.39 is 0 Å². The van der Waals surface area contributed by atoms with Crippen LogP contribution in [0.4, 0.5) is 0 Å². The first-order chi connectivity index (χ1) is 37.0. The van der Waals surface area contributed by atoms with Gasteiger partial charge in [0.15, 0.2) is 0 Å². The first kappa shape index (κ1) is 128. The fourth-order valence-electron chi connectivity index (χ4n) is 4.33. The van der Waals surface area contributed by atoms with Gasteiger partial charge >= 0.3 is 84.3 Å². The average molecular weight is 1910 g/mol. The van der Waals surface area contributed by atoms with Crippen LogP contribution in [-0.4, -0.2) is 49.6 Å². The summed E-state index contributed by atoms with van der Waals surface area (Å²) in [4.78, 5) is 44.3. The van der Waals surface area contributed by atoms with Crippen molar-refractivity contribution in [2.45, 2.75) is 350 Å². The zero-order chi connectivity index (χ0) is 68.7. The van der Waals surface area contributed by atoms with E-state index in [1.165, 1.54) is 51.4 Å². The van der Waals surface area contributed by atoms with E-state index in [9.17, 15) is 19.2 Å². The molecule has 0 amide bonds. The predicted octanol–water partition coefficient (Wildman–Crippen LogP) is 25.1.